The minimum Gasteiger partial charge on any atom is -0.494 e. The summed E-state index contributed by atoms with van der Waals surface area (Å²) in [4.78, 5) is 3.83. The van der Waals surface area contributed by atoms with E-state index in [9.17, 15) is 0 Å². The molecule has 0 saturated heterocycles. The Morgan fingerprint density at radius 3 is 2.08 bits per heavy atom. The molecular weight excluding hydrogens is 156 g/mol. The Kier molecular flexibility index (Phi) is 2.49. The average Bonchev–Trinajstić information content (AvgIpc) is 2.16. The number of rotatable bonds is 2. The first-order chi connectivity index (χ1) is 5.83. The highest BCUT2D eigenvalue weighted by Crippen LogP contribution is 2.24. The third kappa shape index (κ3) is 1.30. The van der Waals surface area contributed by atoms with Gasteiger partial charge in [-0.05, 0) is 0 Å². The first-order valence-corrected chi connectivity index (χ1v) is 3.29. The van der Waals surface area contributed by atoms with E-state index in [1.807, 2.05) is 6.07 Å². The predicted octanol–water partition coefficient (Wildman–Crippen LogP) is 0.970. The molecule has 0 unspecified atom stereocenters. The van der Waals surface area contributed by atoms with E-state index in [0.717, 1.165) is 0 Å². The van der Waals surface area contributed by atoms with Gasteiger partial charge in [-0.3, -0.25) is 4.98 Å². The van der Waals surface area contributed by atoms with Gasteiger partial charge in [0.1, 0.15) is 11.6 Å². The van der Waals surface area contributed by atoms with Crippen molar-refractivity contribution < 1.29 is 9.47 Å². The first-order valence-electron chi connectivity index (χ1n) is 3.29. The van der Waals surface area contributed by atoms with Gasteiger partial charge in [0.2, 0.25) is 0 Å². The Labute approximate surface area is 70.4 Å². The zero-order valence-corrected chi connectivity index (χ0v) is 6.87. The van der Waals surface area contributed by atoms with Crippen LogP contribution in [-0.4, -0.2) is 19.2 Å². The quantitative estimate of drug-likeness (QED) is 0.653. The molecule has 0 radical (unpaired) electrons. The van der Waals surface area contributed by atoms with E-state index in [0.29, 0.717) is 17.1 Å². The predicted molar refractivity (Wildman–Crippen MR) is 42.1 cm³/mol. The van der Waals surface area contributed by atoms with Gasteiger partial charge in [-0.25, -0.2) is 0 Å². The first kappa shape index (κ1) is 8.34. The summed E-state index contributed by atoms with van der Waals surface area (Å²) in [7, 11) is 2.97. The number of pyridine rings is 1. The molecule has 0 aliphatic rings. The van der Waals surface area contributed by atoms with Crippen LogP contribution in [0.1, 0.15) is 5.56 Å². The fraction of sp³-hybridized carbons (Fsp3) is 0.250. The zero-order valence-electron chi connectivity index (χ0n) is 6.87. The Balaban J connectivity index is 3.25. The van der Waals surface area contributed by atoms with Gasteiger partial charge in [0.05, 0.1) is 26.6 Å². The van der Waals surface area contributed by atoms with Crippen molar-refractivity contribution in [2.24, 2.45) is 0 Å². The summed E-state index contributed by atoms with van der Waals surface area (Å²) < 4.78 is 9.83. The summed E-state index contributed by atoms with van der Waals surface area (Å²) in [6.07, 6.45) is 2.95. The van der Waals surface area contributed by atoms with Crippen molar-refractivity contribution in [3.63, 3.8) is 0 Å². The monoisotopic (exact) mass is 164 g/mol. The van der Waals surface area contributed by atoms with Crippen molar-refractivity contribution >= 4 is 0 Å². The van der Waals surface area contributed by atoms with E-state index in [1.54, 1.807) is 0 Å². The van der Waals surface area contributed by atoms with Crippen LogP contribution >= 0.6 is 0 Å². The third-order valence-corrected chi connectivity index (χ3v) is 1.43. The van der Waals surface area contributed by atoms with Crippen LogP contribution < -0.4 is 9.47 Å². The number of nitriles is 1. The Morgan fingerprint density at radius 2 is 1.75 bits per heavy atom. The molecule has 0 bridgehead atoms. The molecule has 0 aliphatic heterocycles. The molecule has 0 aliphatic carbocycles. The topological polar surface area (TPSA) is 55.1 Å². The Morgan fingerprint density at radius 1 is 1.25 bits per heavy atom. The van der Waals surface area contributed by atoms with Crippen molar-refractivity contribution in [1.29, 1.82) is 5.26 Å². The second-order valence-electron chi connectivity index (χ2n) is 2.03. The fourth-order valence-corrected chi connectivity index (χ4v) is 0.843. The number of aromatic nitrogens is 1. The van der Waals surface area contributed by atoms with Crippen molar-refractivity contribution in [3.05, 3.63) is 18.0 Å². The van der Waals surface area contributed by atoms with Gasteiger partial charge < -0.3 is 9.47 Å². The van der Waals surface area contributed by atoms with Crippen LogP contribution in [0.5, 0.6) is 11.5 Å². The molecule has 4 nitrogen and oxygen atoms in total. The lowest BCUT2D eigenvalue weighted by molar-refractivity contribution is 0.388. The van der Waals surface area contributed by atoms with Gasteiger partial charge in [0.15, 0.2) is 11.5 Å². The molecule has 0 aromatic carbocycles. The largest absolute Gasteiger partial charge is 0.494 e. The van der Waals surface area contributed by atoms with Gasteiger partial charge in [0.25, 0.3) is 0 Å². The number of nitrogens with zero attached hydrogens (tertiary/aromatic N) is 2. The van der Waals surface area contributed by atoms with Crippen molar-refractivity contribution in [1.82, 2.24) is 4.98 Å². The van der Waals surface area contributed by atoms with E-state index in [-0.39, 0.29) is 0 Å². The second-order valence-corrected chi connectivity index (χ2v) is 2.03. The lowest BCUT2D eigenvalue weighted by Crippen LogP contribution is -1.93. The maximum absolute atomic E-state index is 8.72. The van der Waals surface area contributed by atoms with Crippen LogP contribution in [0.3, 0.4) is 0 Å². The third-order valence-electron chi connectivity index (χ3n) is 1.43. The van der Waals surface area contributed by atoms with E-state index < -0.39 is 0 Å². The molecule has 4 heteroatoms. The molecule has 1 aromatic heterocycles. The highest BCUT2D eigenvalue weighted by atomic mass is 16.5. The molecule has 0 atom stereocenters. The molecule has 12 heavy (non-hydrogen) atoms. The fourth-order valence-electron chi connectivity index (χ4n) is 0.843. The maximum Gasteiger partial charge on any atom is 0.158 e. The van der Waals surface area contributed by atoms with Crippen LogP contribution in [0.2, 0.25) is 0 Å². The minimum absolute atomic E-state index is 0.370. The van der Waals surface area contributed by atoms with Crippen LogP contribution in [-0.2, 0) is 0 Å². The minimum atomic E-state index is 0.370. The van der Waals surface area contributed by atoms with E-state index >= 15 is 0 Å². The summed E-state index contributed by atoms with van der Waals surface area (Å²) in [5.41, 5.74) is 0.370. The summed E-state index contributed by atoms with van der Waals surface area (Å²) in [5, 5.41) is 8.72. The van der Waals surface area contributed by atoms with Crippen molar-refractivity contribution in [2.75, 3.05) is 14.2 Å². The Bertz CT molecular complexity index is 295. The highest BCUT2D eigenvalue weighted by molar-refractivity contribution is 5.50. The SMILES string of the molecule is COc1cncc(OC)c1C#N. The van der Waals surface area contributed by atoms with Crippen molar-refractivity contribution in [3.8, 4) is 17.6 Å². The van der Waals surface area contributed by atoms with E-state index in [2.05, 4.69) is 4.98 Å². The summed E-state index contributed by atoms with van der Waals surface area (Å²) in [5.74, 6) is 0.855. The number of hydrogen-bond acceptors (Lipinski definition) is 4. The molecule has 0 fully saturated rings. The van der Waals surface area contributed by atoms with Gasteiger partial charge in [-0.15, -0.1) is 0 Å². The molecule has 62 valence electrons. The molecule has 0 N–H and O–H groups in total. The van der Waals surface area contributed by atoms with Gasteiger partial charge in [-0.2, -0.15) is 5.26 Å². The highest BCUT2D eigenvalue weighted by Gasteiger charge is 2.08. The molecule has 1 aromatic rings. The molecular formula is C8H8N2O2. The number of methoxy groups -OCH3 is 2. The lowest BCUT2D eigenvalue weighted by Gasteiger charge is -2.05. The lowest BCUT2D eigenvalue weighted by atomic mass is 10.2. The second kappa shape index (κ2) is 3.58. The summed E-state index contributed by atoms with van der Waals surface area (Å²) in [6.45, 7) is 0. The standard InChI is InChI=1S/C8H8N2O2/c1-11-7-4-10-5-8(12-2)6(7)3-9/h4-5H,1-2H3. The summed E-state index contributed by atoms with van der Waals surface area (Å²) >= 11 is 0. The molecule has 0 amide bonds. The summed E-state index contributed by atoms with van der Waals surface area (Å²) in [6, 6.07) is 1.98. The smallest absolute Gasteiger partial charge is 0.158 e. The van der Waals surface area contributed by atoms with Crippen LogP contribution in [0.15, 0.2) is 12.4 Å². The van der Waals surface area contributed by atoms with Crippen LogP contribution in [0.4, 0.5) is 0 Å². The Hall–Kier alpha value is -1.76. The van der Waals surface area contributed by atoms with Gasteiger partial charge in [0, 0.05) is 0 Å². The van der Waals surface area contributed by atoms with Crippen LogP contribution in [0.25, 0.3) is 0 Å². The number of ether oxygens (including phenoxy) is 2. The van der Waals surface area contributed by atoms with E-state index in [1.165, 1.54) is 26.6 Å². The molecule has 0 saturated carbocycles. The van der Waals surface area contributed by atoms with Crippen molar-refractivity contribution in [2.45, 2.75) is 0 Å². The van der Waals surface area contributed by atoms with E-state index in [4.69, 9.17) is 14.7 Å². The molecule has 1 heterocycles. The normalized spacial score (nSPS) is 8.75. The van der Waals surface area contributed by atoms with Crippen LogP contribution in [0, 0.1) is 11.3 Å². The zero-order chi connectivity index (χ0) is 8.97. The molecule has 1 rings (SSSR count). The maximum atomic E-state index is 8.72. The number of hydrogen-bond donors (Lipinski definition) is 0. The average molecular weight is 164 g/mol. The van der Waals surface area contributed by atoms with Gasteiger partial charge in [-0.1, -0.05) is 0 Å². The molecule has 0 spiro atoms. The van der Waals surface area contributed by atoms with Gasteiger partial charge >= 0.3 is 0 Å².